The van der Waals surface area contributed by atoms with Crippen molar-refractivity contribution >= 4 is 0 Å². The van der Waals surface area contributed by atoms with Crippen LogP contribution in [0.4, 0.5) is 0 Å². The Morgan fingerprint density at radius 3 is 2.94 bits per heavy atom. The third-order valence-electron chi connectivity index (χ3n) is 2.50. The zero-order valence-electron chi connectivity index (χ0n) is 10.2. The summed E-state index contributed by atoms with van der Waals surface area (Å²) in [7, 11) is 0. The first-order valence-corrected chi connectivity index (χ1v) is 5.83. The standard InChI is InChI=1S/C11H18N6/c1-10(2)17-9-11(8-14-17)7-12-3-5-16-6-4-13-15-16/h4,6,8-10,12H,3,5,7H2,1-2H3. The molecular weight excluding hydrogens is 216 g/mol. The van der Waals surface area contributed by atoms with Gasteiger partial charge in [-0.3, -0.25) is 9.36 Å². The molecule has 0 saturated carbocycles. The van der Waals surface area contributed by atoms with E-state index in [9.17, 15) is 0 Å². The van der Waals surface area contributed by atoms with E-state index in [2.05, 4.69) is 40.8 Å². The van der Waals surface area contributed by atoms with Gasteiger partial charge in [-0.05, 0) is 13.8 Å². The maximum absolute atomic E-state index is 4.29. The number of aromatic nitrogens is 5. The lowest BCUT2D eigenvalue weighted by Crippen LogP contribution is -2.19. The van der Waals surface area contributed by atoms with Gasteiger partial charge in [-0.2, -0.15) is 5.10 Å². The number of rotatable bonds is 6. The Morgan fingerprint density at radius 1 is 1.41 bits per heavy atom. The minimum atomic E-state index is 0.416. The van der Waals surface area contributed by atoms with Crippen LogP contribution in [0.15, 0.2) is 24.8 Å². The van der Waals surface area contributed by atoms with Crippen LogP contribution in [0.2, 0.25) is 0 Å². The molecule has 17 heavy (non-hydrogen) atoms. The summed E-state index contributed by atoms with van der Waals surface area (Å²) >= 11 is 0. The fraction of sp³-hybridized carbons (Fsp3) is 0.545. The van der Waals surface area contributed by atoms with Crippen LogP contribution in [0.3, 0.4) is 0 Å². The van der Waals surface area contributed by atoms with Crippen molar-refractivity contribution in [2.75, 3.05) is 6.54 Å². The summed E-state index contributed by atoms with van der Waals surface area (Å²) in [4.78, 5) is 0. The van der Waals surface area contributed by atoms with Crippen LogP contribution in [0.1, 0.15) is 25.5 Å². The maximum atomic E-state index is 4.29. The molecule has 0 unspecified atom stereocenters. The third kappa shape index (κ3) is 3.39. The van der Waals surface area contributed by atoms with Crippen LogP contribution < -0.4 is 5.32 Å². The molecule has 0 amide bonds. The van der Waals surface area contributed by atoms with Crippen molar-refractivity contribution in [1.29, 1.82) is 0 Å². The average molecular weight is 234 g/mol. The molecule has 0 aliphatic carbocycles. The minimum Gasteiger partial charge on any atom is -0.311 e. The smallest absolute Gasteiger partial charge is 0.0692 e. The molecule has 2 aromatic rings. The maximum Gasteiger partial charge on any atom is 0.0692 e. The Balaban J connectivity index is 1.71. The van der Waals surface area contributed by atoms with E-state index < -0.39 is 0 Å². The van der Waals surface area contributed by atoms with Gasteiger partial charge in [-0.15, -0.1) is 5.10 Å². The second kappa shape index (κ2) is 5.58. The van der Waals surface area contributed by atoms with Crippen molar-refractivity contribution in [3.8, 4) is 0 Å². The third-order valence-corrected chi connectivity index (χ3v) is 2.50. The van der Waals surface area contributed by atoms with Crippen LogP contribution in [0, 0.1) is 0 Å². The first-order chi connectivity index (χ1) is 8.25. The summed E-state index contributed by atoms with van der Waals surface area (Å²) in [5.41, 5.74) is 1.21. The summed E-state index contributed by atoms with van der Waals surface area (Å²) in [6, 6.07) is 0.416. The summed E-state index contributed by atoms with van der Waals surface area (Å²) < 4.78 is 3.78. The van der Waals surface area contributed by atoms with Gasteiger partial charge in [-0.25, -0.2) is 0 Å². The zero-order valence-corrected chi connectivity index (χ0v) is 10.2. The van der Waals surface area contributed by atoms with E-state index in [0.717, 1.165) is 19.6 Å². The van der Waals surface area contributed by atoms with Crippen LogP contribution in [-0.2, 0) is 13.1 Å². The summed E-state index contributed by atoms with van der Waals surface area (Å²) in [5.74, 6) is 0. The monoisotopic (exact) mass is 234 g/mol. The SMILES string of the molecule is CC(C)n1cc(CNCCn2ccnn2)cn1. The predicted molar refractivity (Wildman–Crippen MR) is 64.3 cm³/mol. The van der Waals surface area contributed by atoms with E-state index in [-0.39, 0.29) is 0 Å². The minimum absolute atomic E-state index is 0.416. The Labute approximate surface area is 101 Å². The normalized spacial score (nSPS) is 11.2. The molecule has 0 spiro atoms. The van der Waals surface area contributed by atoms with Crippen molar-refractivity contribution in [1.82, 2.24) is 30.1 Å². The molecule has 1 N–H and O–H groups in total. The van der Waals surface area contributed by atoms with Crippen LogP contribution in [-0.4, -0.2) is 31.3 Å². The van der Waals surface area contributed by atoms with Gasteiger partial charge in [0.15, 0.2) is 0 Å². The molecule has 0 bridgehead atoms. The van der Waals surface area contributed by atoms with Crippen LogP contribution >= 0.6 is 0 Å². The van der Waals surface area contributed by atoms with Gasteiger partial charge in [0.1, 0.15) is 0 Å². The fourth-order valence-corrected chi connectivity index (χ4v) is 1.53. The lowest BCUT2D eigenvalue weighted by molar-refractivity contribution is 0.529. The number of hydrogen-bond donors (Lipinski definition) is 1. The molecule has 0 aliphatic rings. The van der Waals surface area contributed by atoms with E-state index in [1.165, 1.54) is 5.56 Å². The predicted octanol–water partition coefficient (Wildman–Crippen LogP) is 0.845. The lowest BCUT2D eigenvalue weighted by atomic mass is 10.3. The van der Waals surface area contributed by atoms with E-state index in [4.69, 9.17) is 0 Å². The van der Waals surface area contributed by atoms with Crippen LogP contribution in [0.25, 0.3) is 0 Å². The highest BCUT2D eigenvalue weighted by atomic mass is 15.4. The summed E-state index contributed by atoms with van der Waals surface area (Å²) in [6.07, 6.45) is 7.53. The topological polar surface area (TPSA) is 60.6 Å². The Kier molecular flexibility index (Phi) is 3.87. The van der Waals surface area contributed by atoms with Crippen molar-refractivity contribution in [3.05, 3.63) is 30.4 Å². The van der Waals surface area contributed by atoms with E-state index in [0.29, 0.717) is 6.04 Å². The molecule has 0 atom stereocenters. The number of nitrogens with one attached hydrogen (secondary N) is 1. The average Bonchev–Trinajstić information content (AvgIpc) is 2.96. The second-order valence-corrected chi connectivity index (χ2v) is 4.27. The summed E-state index contributed by atoms with van der Waals surface area (Å²) in [5, 5.41) is 15.3. The van der Waals surface area contributed by atoms with Gasteiger partial charge < -0.3 is 5.32 Å². The lowest BCUT2D eigenvalue weighted by Gasteiger charge is -2.04. The molecule has 92 valence electrons. The van der Waals surface area contributed by atoms with Gasteiger partial charge in [0.25, 0.3) is 0 Å². The van der Waals surface area contributed by atoms with Gasteiger partial charge in [0.05, 0.1) is 18.9 Å². The van der Waals surface area contributed by atoms with Gasteiger partial charge in [0, 0.05) is 37.1 Å². The highest BCUT2D eigenvalue weighted by molar-refractivity contribution is 5.03. The molecule has 6 heteroatoms. The quantitative estimate of drug-likeness (QED) is 0.753. The molecule has 2 rings (SSSR count). The van der Waals surface area contributed by atoms with E-state index in [1.54, 1.807) is 6.20 Å². The molecule has 2 heterocycles. The highest BCUT2D eigenvalue weighted by Gasteiger charge is 2.01. The number of hydrogen-bond acceptors (Lipinski definition) is 4. The molecule has 0 aliphatic heterocycles. The van der Waals surface area contributed by atoms with Gasteiger partial charge in [-0.1, -0.05) is 5.21 Å². The van der Waals surface area contributed by atoms with Gasteiger partial charge in [0.2, 0.25) is 0 Å². The Hall–Kier alpha value is -1.69. The molecule has 0 aromatic carbocycles. The first-order valence-electron chi connectivity index (χ1n) is 5.83. The molecule has 0 fully saturated rings. The second-order valence-electron chi connectivity index (χ2n) is 4.27. The zero-order chi connectivity index (χ0) is 12.1. The first kappa shape index (κ1) is 11.8. The Bertz CT molecular complexity index is 431. The Morgan fingerprint density at radius 2 is 2.29 bits per heavy atom. The van der Waals surface area contributed by atoms with E-state index >= 15 is 0 Å². The largest absolute Gasteiger partial charge is 0.311 e. The summed E-state index contributed by atoms with van der Waals surface area (Å²) in [6.45, 7) is 6.78. The van der Waals surface area contributed by atoms with E-state index in [1.807, 2.05) is 21.8 Å². The fourth-order valence-electron chi connectivity index (χ4n) is 1.53. The highest BCUT2D eigenvalue weighted by Crippen LogP contribution is 2.04. The molecule has 0 radical (unpaired) electrons. The molecule has 6 nitrogen and oxygen atoms in total. The molecule has 0 saturated heterocycles. The van der Waals surface area contributed by atoms with Gasteiger partial charge >= 0.3 is 0 Å². The molecular formula is C11H18N6. The molecule has 2 aromatic heterocycles. The van der Waals surface area contributed by atoms with Crippen LogP contribution in [0.5, 0.6) is 0 Å². The van der Waals surface area contributed by atoms with Crippen molar-refractivity contribution in [2.45, 2.75) is 33.0 Å². The number of nitrogens with zero attached hydrogens (tertiary/aromatic N) is 5. The van der Waals surface area contributed by atoms with Crippen molar-refractivity contribution < 1.29 is 0 Å². The van der Waals surface area contributed by atoms with Crippen molar-refractivity contribution in [2.24, 2.45) is 0 Å². The van der Waals surface area contributed by atoms with Crippen molar-refractivity contribution in [3.63, 3.8) is 0 Å².